The van der Waals surface area contributed by atoms with E-state index in [1.54, 1.807) is 7.11 Å². The van der Waals surface area contributed by atoms with Gasteiger partial charge in [-0.2, -0.15) is 0 Å². The van der Waals surface area contributed by atoms with Crippen molar-refractivity contribution in [3.8, 4) is 5.75 Å². The molecule has 1 aliphatic carbocycles. The number of halogens is 1. The summed E-state index contributed by atoms with van der Waals surface area (Å²) in [7, 11) is 1.67. The molecule has 2 fully saturated rings. The molecule has 1 aromatic rings. The van der Waals surface area contributed by atoms with Crippen molar-refractivity contribution < 1.29 is 9.53 Å². The Bertz CT molecular complexity index is 537. The molecule has 140 valence electrons. The quantitative estimate of drug-likeness (QED) is 0.801. The molecular formula is C20H31ClN2O2. The van der Waals surface area contributed by atoms with E-state index in [-0.39, 0.29) is 18.3 Å². The lowest BCUT2D eigenvalue weighted by Crippen LogP contribution is -2.45. The van der Waals surface area contributed by atoms with Crippen molar-refractivity contribution in [3.05, 3.63) is 29.8 Å². The summed E-state index contributed by atoms with van der Waals surface area (Å²) in [4.78, 5) is 14.6. The van der Waals surface area contributed by atoms with Gasteiger partial charge in [-0.3, -0.25) is 4.79 Å². The zero-order valence-electron chi connectivity index (χ0n) is 15.4. The Hall–Kier alpha value is -1.26. The summed E-state index contributed by atoms with van der Waals surface area (Å²) in [6, 6.07) is 8.66. The van der Waals surface area contributed by atoms with E-state index in [4.69, 9.17) is 4.74 Å². The van der Waals surface area contributed by atoms with Crippen LogP contribution in [0.2, 0.25) is 0 Å². The van der Waals surface area contributed by atoms with Gasteiger partial charge in [-0.05, 0) is 61.8 Å². The van der Waals surface area contributed by atoms with E-state index in [0.29, 0.717) is 18.4 Å². The van der Waals surface area contributed by atoms with E-state index in [0.717, 1.165) is 37.6 Å². The minimum atomic E-state index is 0. The van der Waals surface area contributed by atoms with Crippen molar-refractivity contribution in [2.24, 2.45) is 5.92 Å². The second-order valence-electron chi connectivity index (χ2n) is 7.39. The van der Waals surface area contributed by atoms with Gasteiger partial charge in [0.1, 0.15) is 5.75 Å². The maximum absolute atomic E-state index is 12.6. The molecule has 0 radical (unpaired) electrons. The number of methoxy groups -OCH3 is 1. The van der Waals surface area contributed by atoms with Crippen LogP contribution in [0.1, 0.15) is 50.5 Å². The molecule has 1 unspecified atom stereocenters. The van der Waals surface area contributed by atoms with E-state index in [2.05, 4.69) is 29.3 Å². The summed E-state index contributed by atoms with van der Waals surface area (Å²) in [6.07, 6.45) is 5.57. The average Bonchev–Trinajstić information content (AvgIpc) is 3.45. The molecule has 1 aliphatic heterocycles. The molecule has 1 heterocycles. The van der Waals surface area contributed by atoms with Crippen LogP contribution in [0.5, 0.6) is 5.75 Å². The number of hydrogen-bond donors (Lipinski definition) is 1. The van der Waals surface area contributed by atoms with E-state index in [1.807, 2.05) is 12.1 Å². The van der Waals surface area contributed by atoms with E-state index in [1.165, 1.54) is 24.9 Å². The molecule has 1 atom stereocenters. The Balaban J connectivity index is 0.00000225. The molecule has 1 amide bonds. The fourth-order valence-corrected chi connectivity index (χ4v) is 3.43. The number of rotatable bonds is 7. The molecule has 4 nitrogen and oxygen atoms in total. The molecule has 1 saturated carbocycles. The number of benzene rings is 1. The second kappa shape index (κ2) is 9.44. The average molecular weight is 367 g/mol. The Morgan fingerprint density at radius 3 is 2.40 bits per heavy atom. The molecule has 1 aromatic carbocycles. The SMILES string of the molecule is COc1ccc(C(C)CC(=O)N2CCC(NCC3CC3)CC2)cc1.Cl. The van der Waals surface area contributed by atoms with Crippen LogP contribution in [-0.4, -0.2) is 43.6 Å². The Kier molecular flexibility index (Phi) is 7.57. The number of ether oxygens (including phenoxy) is 1. The minimum absolute atomic E-state index is 0. The van der Waals surface area contributed by atoms with Crippen molar-refractivity contribution in [1.82, 2.24) is 10.2 Å². The highest BCUT2D eigenvalue weighted by Gasteiger charge is 2.26. The highest BCUT2D eigenvalue weighted by molar-refractivity contribution is 5.85. The lowest BCUT2D eigenvalue weighted by molar-refractivity contribution is -0.132. The number of piperidine rings is 1. The van der Waals surface area contributed by atoms with Crippen LogP contribution in [0.3, 0.4) is 0 Å². The molecule has 5 heteroatoms. The molecule has 0 spiro atoms. The normalized spacial score (nSPS) is 19.2. The van der Waals surface area contributed by atoms with E-state index < -0.39 is 0 Å². The van der Waals surface area contributed by atoms with Gasteiger partial charge in [0, 0.05) is 25.6 Å². The van der Waals surface area contributed by atoms with Gasteiger partial charge < -0.3 is 15.0 Å². The lowest BCUT2D eigenvalue weighted by atomic mass is 9.96. The van der Waals surface area contributed by atoms with Crippen LogP contribution in [0, 0.1) is 5.92 Å². The summed E-state index contributed by atoms with van der Waals surface area (Å²) in [6.45, 7) is 5.10. The van der Waals surface area contributed by atoms with Gasteiger partial charge in [0.15, 0.2) is 0 Å². The molecular weight excluding hydrogens is 336 g/mol. The topological polar surface area (TPSA) is 41.6 Å². The van der Waals surface area contributed by atoms with E-state index in [9.17, 15) is 4.79 Å². The molecule has 25 heavy (non-hydrogen) atoms. The molecule has 3 rings (SSSR count). The summed E-state index contributed by atoms with van der Waals surface area (Å²) in [5.41, 5.74) is 1.20. The third-order valence-electron chi connectivity index (χ3n) is 5.41. The van der Waals surface area contributed by atoms with Crippen LogP contribution in [0.25, 0.3) is 0 Å². The summed E-state index contributed by atoms with van der Waals surface area (Å²) < 4.78 is 5.19. The Morgan fingerprint density at radius 2 is 1.84 bits per heavy atom. The van der Waals surface area contributed by atoms with Crippen molar-refractivity contribution in [2.45, 2.75) is 51.0 Å². The van der Waals surface area contributed by atoms with Gasteiger partial charge in [0.05, 0.1) is 7.11 Å². The number of nitrogens with zero attached hydrogens (tertiary/aromatic N) is 1. The standard InChI is InChI=1S/C20H30N2O2.ClH/c1-15(17-5-7-19(24-2)8-6-17)13-20(23)22-11-9-18(10-12-22)21-14-16-3-4-16;/h5-8,15-16,18,21H,3-4,9-14H2,1-2H3;1H. The first kappa shape index (κ1) is 20.1. The fraction of sp³-hybridized carbons (Fsp3) is 0.650. The second-order valence-corrected chi connectivity index (χ2v) is 7.39. The van der Waals surface area contributed by atoms with Gasteiger partial charge >= 0.3 is 0 Å². The molecule has 1 N–H and O–H groups in total. The van der Waals surface area contributed by atoms with Crippen LogP contribution in [-0.2, 0) is 4.79 Å². The van der Waals surface area contributed by atoms with Crippen LogP contribution in [0.4, 0.5) is 0 Å². The van der Waals surface area contributed by atoms with Crippen LogP contribution in [0.15, 0.2) is 24.3 Å². The van der Waals surface area contributed by atoms with E-state index >= 15 is 0 Å². The first-order valence-electron chi connectivity index (χ1n) is 9.31. The smallest absolute Gasteiger partial charge is 0.223 e. The Labute approximate surface area is 157 Å². The molecule has 0 aromatic heterocycles. The first-order valence-corrected chi connectivity index (χ1v) is 9.31. The van der Waals surface area contributed by atoms with Gasteiger partial charge in [0.25, 0.3) is 0 Å². The van der Waals surface area contributed by atoms with Crippen molar-refractivity contribution in [1.29, 1.82) is 0 Å². The zero-order chi connectivity index (χ0) is 16.9. The van der Waals surface area contributed by atoms with Crippen molar-refractivity contribution >= 4 is 18.3 Å². The first-order chi connectivity index (χ1) is 11.7. The predicted octanol–water partition coefficient (Wildman–Crippen LogP) is 3.60. The maximum Gasteiger partial charge on any atom is 0.223 e. The minimum Gasteiger partial charge on any atom is -0.497 e. The van der Waals surface area contributed by atoms with Crippen molar-refractivity contribution in [3.63, 3.8) is 0 Å². The third kappa shape index (κ3) is 5.89. The number of hydrogen-bond acceptors (Lipinski definition) is 3. The fourth-order valence-electron chi connectivity index (χ4n) is 3.43. The summed E-state index contributed by atoms with van der Waals surface area (Å²) in [5, 5.41) is 3.67. The largest absolute Gasteiger partial charge is 0.497 e. The lowest BCUT2D eigenvalue weighted by Gasteiger charge is -2.33. The summed E-state index contributed by atoms with van der Waals surface area (Å²) in [5.74, 6) is 2.32. The number of carbonyl (C=O) groups is 1. The van der Waals surface area contributed by atoms with Crippen molar-refractivity contribution in [2.75, 3.05) is 26.7 Å². The third-order valence-corrected chi connectivity index (χ3v) is 5.41. The summed E-state index contributed by atoms with van der Waals surface area (Å²) >= 11 is 0. The number of amides is 1. The van der Waals surface area contributed by atoms with Crippen LogP contribution >= 0.6 is 12.4 Å². The maximum atomic E-state index is 12.6. The molecule has 0 bridgehead atoms. The van der Waals surface area contributed by atoms with Crippen LogP contribution < -0.4 is 10.1 Å². The highest BCUT2D eigenvalue weighted by atomic mass is 35.5. The molecule has 1 saturated heterocycles. The van der Waals surface area contributed by atoms with Gasteiger partial charge in [-0.15, -0.1) is 12.4 Å². The zero-order valence-corrected chi connectivity index (χ0v) is 16.2. The number of likely N-dealkylation sites (tertiary alicyclic amines) is 1. The molecule has 2 aliphatic rings. The highest BCUT2D eigenvalue weighted by Crippen LogP contribution is 2.28. The monoisotopic (exact) mass is 366 g/mol. The van der Waals surface area contributed by atoms with Gasteiger partial charge in [-0.1, -0.05) is 19.1 Å². The number of nitrogens with one attached hydrogen (secondary N) is 1. The number of carbonyl (C=O) groups excluding carboxylic acids is 1. The van der Waals surface area contributed by atoms with Gasteiger partial charge in [0.2, 0.25) is 5.91 Å². The predicted molar refractivity (Wildman–Crippen MR) is 104 cm³/mol. The van der Waals surface area contributed by atoms with Gasteiger partial charge in [-0.25, -0.2) is 0 Å². The Morgan fingerprint density at radius 1 is 1.20 bits per heavy atom.